The number of nitrogens with one attached hydrogen (secondary N) is 1. The van der Waals surface area contributed by atoms with Crippen molar-refractivity contribution in [3.05, 3.63) is 47.5 Å². The zero-order chi connectivity index (χ0) is 26.2. The third-order valence-corrected chi connectivity index (χ3v) is 10.9. The van der Waals surface area contributed by atoms with Crippen molar-refractivity contribution in [2.24, 2.45) is 5.41 Å². The highest BCUT2D eigenvalue weighted by Crippen LogP contribution is 2.62. The molecule has 2 N–H and O–H groups in total. The number of aromatic hydroxyl groups is 1. The minimum Gasteiger partial charge on any atom is -0.507 e. The zero-order valence-corrected chi connectivity index (χ0v) is 22.1. The Kier molecular flexibility index (Phi) is 5.60. The van der Waals surface area contributed by atoms with Crippen molar-refractivity contribution in [1.82, 2.24) is 4.31 Å². The third-order valence-electron chi connectivity index (χ3n) is 8.65. The van der Waals surface area contributed by atoms with E-state index in [1.165, 1.54) is 30.9 Å². The predicted octanol–water partition coefficient (Wildman–Crippen LogP) is 4.97. The van der Waals surface area contributed by atoms with Crippen LogP contribution in [-0.4, -0.2) is 55.5 Å². The van der Waals surface area contributed by atoms with Crippen LogP contribution < -0.4 is 9.62 Å². The number of fused-ring (bicyclic) bond motifs is 2. The highest BCUT2D eigenvalue weighted by Gasteiger charge is 2.54. The number of carbonyl (C=O) groups is 1. The quantitative estimate of drug-likeness (QED) is 0.512. The maximum atomic E-state index is 13.8. The summed E-state index contributed by atoms with van der Waals surface area (Å²) in [6.07, 6.45) is 8.76. The molecule has 4 aliphatic rings. The number of anilines is 2. The normalized spacial score (nSPS) is 23.1. The van der Waals surface area contributed by atoms with Crippen LogP contribution >= 0.6 is 11.9 Å². The summed E-state index contributed by atoms with van der Waals surface area (Å²) in [5.41, 5.74) is 3.31. The van der Waals surface area contributed by atoms with Gasteiger partial charge in [0.2, 0.25) is 10.0 Å². The first-order valence-corrected chi connectivity index (χ1v) is 15.1. The molecule has 2 aliphatic carbocycles. The van der Waals surface area contributed by atoms with E-state index in [1.54, 1.807) is 4.90 Å². The Balaban J connectivity index is 1.34. The molecule has 2 aliphatic heterocycles. The Hall–Kier alpha value is -2.37. The van der Waals surface area contributed by atoms with E-state index in [1.807, 2.05) is 18.4 Å². The van der Waals surface area contributed by atoms with E-state index in [0.717, 1.165) is 54.8 Å². The van der Waals surface area contributed by atoms with Crippen LogP contribution in [0, 0.1) is 5.41 Å². The number of amides is 1. The average molecular weight is 550 g/mol. The van der Waals surface area contributed by atoms with Gasteiger partial charge in [0.1, 0.15) is 10.6 Å². The van der Waals surface area contributed by atoms with Crippen LogP contribution in [0.4, 0.5) is 20.2 Å². The van der Waals surface area contributed by atoms with Crippen LogP contribution in [0.5, 0.6) is 5.75 Å². The van der Waals surface area contributed by atoms with Crippen LogP contribution in [0.2, 0.25) is 0 Å². The molecule has 0 aromatic heterocycles. The Morgan fingerprint density at radius 2 is 1.68 bits per heavy atom. The van der Waals surface area contributed by atoms with Gasteiger partial charge in [0.25, 0.3) is 11.8 Å². The summed E-state index contributed by atoms with van der Waals surface area (Å²) in [5.74, 6) is -4.03. The number of hydrogen-bond acceptors (Lipinski definition) is 6. The summed E-state index contributed by atoms with van der Waals surface area (Å²) in [5, 5.41) is 10.3. The lowest BCUT2D eigenvalue weighted by molar-refractivity contribution is -0.0945. The summed E-state index contributed by atoms with van der Waals surface area (Å²) >= 11 is 1.50. The standard InChI is InChI=1S/C26H29F2N3O4S2/c1-36-29-18-3-4-20-19(13-18)25(10-8-24(6-7-24)9-11-25)14-31(20)23(33)17-2-5-21(32)22(12-17)37(34,35)30-15-26(27,28)16-30/h2-5,12-13,29,32H,6-11,14-16H2,1H3. The largest absolute Gasteiger partial charge is 0.507 e. The molecular weight excluding hydrogens is 520 g/mol. The topological polar surface area (TPSA) is 90.0 Å². The molecule has 2 aromatic carbocycles. The minimum absolute atomic E-state index is 0.0902. The fourth-order valence-electron chi connectivity index (χ4n) is 6.18. The highest BCUT2D eigenvalue weighted by atomic mass is 32.2. The van der Waals surface area contributed by atoms with E-state index < -0.39 is 39.7 Å². The van der Waals surface area contributed by atoms with Gasteiger partial charge in [-0.25, -0.2) is 17.2 Å². The van der Waals surface area contributed by atoms with E-state index in [0.29, 0.717) is 16.3 Å². The molecule has 198 valence electrons. The second-order valence-electron chi connectivity index (χ2n) is 11.0. The van der Waals surface area contributed by atoms with Gasteiger partial charge in [-0.15, -0.1) is 0 Å². The van der Waals surface area contributed by atoms with Crippen molar-refractivity contribution >= 4 is 39.3 Å². The van der Waals surface area contributed by atoms with Crippen LogP contribution in [0.3, 0.4) is 0 Å². The van der Waals surface area contributed by atoms with Gasteiger partial charge in [-0.05, 0) is 85.9 Å². The first-order chi connectivity index (χ1) is 17.5. The van der Waals surface area contributed by atoms with Crippen molar-refractivity contribution in [2.75, 3.05) is 35.5 Å². The number of halogens is 2. The van der Waals surface area contributed by atoms with Crippen LogP contribution in [0.25, 0.3) is 0 Å². The summed E-state index contributed by atoms with van der Waals surface area (Å²) in [4.78, 5) is 15.0. The molecule has 6 rings (SSSR count). The number of carbonyl (C=O) groups excluding carboxylic acids is 1. The molecule has 2 spiro atoms. The molecule has 37 heavy (non-hydrogen) atoms. The zero-order valence-electron chi connectivity index (χ0n) is 20.5. The summed E-state index contributed by atoms with van der Waals surface area (Å²) in [7, 11) is -4.37. The molecule has 0 radical (unpaired) electrons. The van der Waals surface area contributed by atoms with Crippen molar-refractivity contribution < 1.29 is 27.1 Å². The van der Waals surface area contributed by atoms with Crippen molar-refractivity contribution in [3.63, 3.8) is 0 Å². The van der Waals surface area contributed by atoms with Gasteiger partial charge < -0.3 is 14.7 Å². The van der Waals surface area contributed by atoms with Gasteiger partial charge in [-0.3, -0.25) is 4.79 Å². The van der Waals surface area contributed by atoms with E-state index >= 15 is 0 Å². The summed E-state index contributed by atoms with van der Waals surface area (Å²) in [6.45, 7) is -1.38. The van der Waals surface area contributed by atoms with Gasteiger partial charge in [-0.2, -0.15) is 4.31 Å². The average Bonchev–Trinajstić information content (AvgIpc) is 3.54. The molecule has 0 atom stereocenters. The molecule has 2 aromatic rings. The number of nitrogens with zero attached hydrogens (tertiary/aromatic N) is 2. The smallest absolute Gasteiger partial charge is 0.275 e. The molecule has 2 saturated carbocycles. The van der Waals surface area contributed by atoms with Gasteiger partial charge in [0.15, 0.2) is 0 Å². The lowest BCUT2D eigenvalue weighted by Crippen LogP contribution is -2.58. The molecule has 3 fully saturated rings. The summed E-state index contributed by atoms with van der Waals surface area (Å²) in [6, 6.07) is 9.63. The first-order valence-electron chi connectivity index (χ1n) is 12.4. The molecule has 7 nitrogen and oxygen atoms in total. The molecule has 2 heterocycles. The van der Waals surface area contributed by atoms with E-state index in [-0.39, 0.29) is 16.9 Å². The second-order valence-corrected chi connectivity index (χ2v) is 13.5. The lowest BCUT2D eigenvalue weighted by Gasteiger charge is -2.38. The van der Waals surface area contributed by atoms with Crippen LogP contribution in [-0.2, 0) is 15.4 Å². The number of phenols is 1. The molecule has 1 saturated heterocycles. The maximum Gasteiger partial charge on any atom is 0.275 e. The fraction of sp³-hybridized carbons (Fsp3) is 0.500. The minimum atomic E-state index is -4.37. The summed E-state index contributed by atoms with van der Waals surface area (Å²) < 4.78 is 56.5. The molecule has 0 bridgehead atoms. The maximum absolute atomic E-state index is 13.8. The van der Waals surface area contributed by atoms with E-state index in [9.17, 15) is 27.1 Å². The highest BCUT2D eigenvalue weighted by molar-refractivity contribution is 7.99. The molecule has 1 amide bonds. The Morgan fingerprint density at radius 1 is 1.00 bits per heavy atom. The number of hydrogen-bond donors (Lipinski definition) is 2. The van der Waals surface area contributed by atoms with Crippen LogP contribution in [0.15, 0.2) is 41.3 Å². The van der Waals surface area contributed by atoms with Gasteiger partial charge >= 0.3 is 0 Å². The molecular formula is C26H29F2N3O4S2. The third kappa shape index (κ3) is 4.10. The lowest BCUT2D eigenvalue weighted by atomic mass is 9.66. The number of alkyl halides is 2. The molecule has 11 heteroatoms. The van der Waals surface area contributed by atoms with Crippen molar-refractivity contribution in [2.45, 2.75) is 54.8 Å². The number of sulfonamides is 1. The van der Waals surface area contributed by atoms with Gasteiger partial charge in [0, 0.05) is 35.2 Å². The van der Waals surface area contributed by atoms with Gasteiger partial charge in [0.05, 0.1) is 13.1 Å². The van der Waals surface area contributed by atoms with E-state index in [2.05, 4.69) is 10.8 Å². The monoisotopic (exact) mass is 549 g/mol. The Bertz CT molecular complexity index is 1380. The fourth-order valence-corrected chi connectivity index (χ4v) is 8.15. The van der Waals surface area contributed by atoms with E-state index in [4.69, 9.17) is 0 Å². The number of phenolic OH excluding ortho intramolecular Hbond substituents is 1. The number of rotatable bonds is 5. The van der Waals surface area contributed by atoms with Crippen molar-refractivity contribution in [1.29, 1.82) is 0 Å². The predicted molar refractivity (Wildman–Crippen MR) is 139 cm³/mol. The number of benzene rings is 2. The SMILES string of the molecule is CSNc1ccc2c(c1)C1(CCC3(CC3)CC1)CN2C(=O)c1ccc(O)c(S(=O)(=O)N2CC(F)(F)C2)c1. The molecule has 0 unspecified atom stereocenters. The Morgan fingerprint density at radius 3 is 2.30 bits per heavy atom. The first kappa shape index (κ1) is 24.9. The Labute approximate surface area is 219 Å². The van der Waals surface area contributed by atoms with Gasteiger partial charge in [-0.1, -0.05) is 11.9 Å². The van der Waals surface area contributed by atoms with Crippen LogP contribution in [0.1, 0.15) is 54.4 Å². The second kappa shape index (κ2) is 8.31. The van der Waals surface area contributed by atoms with Crippen molar-refractivity contribution in [3.8, 4) is 5.75 Å².